The second-order valence-corrected chi connectivity index (χ2v) is 4.03. The maximum Gasteiger partial charge on any atom is 0.321 e. The van der Waals surface area contributed by atoms with Crippen LogP contribution in [0.1, 0.15) is 13.3 Å². The SMILES string of the molecule is CCOc1ccc(N(C)C(=O)CC(N)C(=O)O)cc1. The van der Waals surface area contributed by atoms with Crippen molar-refractivity contribution in [1.82, 2.24) is 0 Å². The number of carbonyl (C=O) groups is 2. The Kier molecular flexibility index (Phi) is 5.32. The molecule has 0 fully saturated rings. The molecule has 1 amide bonds. The number of nitrogens with zero attached hydrogens (tertiary/aromatic N) is 1. The average Bonchev–Trinajstić information content (AvgIpc) is 2.39. The Morgan fingerprint density at radius 2 is 1.95 bits per heavy atom. The normalized spacial score (nSPS) is 11.7. The van der Waals surface area contributed by atoms with Gasteiger partial charge in [0.25, 0.3) is 0 Å². The van der Waals surface area contributed by atoms with Crippen LogP contribution < -0.4 is 15.4 Å². The number of carboxylic acid groups (broad SMARTS) is 1. The number of ether oxygens (including phenoxy) is 1. The zero-order valence-electron chi connectivity index (χ0n) is 11.0. The second-order valence-electron chi connectivity index (χ2n) is 4.03. The van der Waals surface area contributed by atoms with E-state index < -0.39 is 12.0 Å². The largest absolute Gasteiger partial charge is 0.494 e. The first-order valence-electron chi connectivity index (χ1n) is 5.93. The van der Waals surface area contributed by atoms with Crippen molar-refractivity contribution in [1.29, 1.82) is 0 Å². The van der Waals surface area contributed by atoms with Gasteiger partial charge in [0.15, 0.2) is 0 Å². The van der Waals surface area contributed by atoms with Crippen molar-refractivity contribution < 1.29 is 19.4 Å². The molecule has 3 N–H and O–H groups in total. The van der Waals surface area contributed by atoms with Gasteiger partial charge < -0.3 is 20.5 Å². The third kappa shape index (κ3) is 4.26. The van der Waals surface area contributed by atoms with Gasteiger partial charge in [0.1, 0.15) is 11.8 Å². The van der Waals surface area contributed by atoms with Gasteiger partial charge in [-0.25, -0.2) is 0 Å². The molecule has 1 aromatic carbocycles. The quantitative estimate of drug-likeness (QED) is 0.796. The third-order valence-corrected chi connectivity index (χ3v) is 2.62. The van der Waals surface area contributed by atoms with Gasteiger partial charge in [-0.2, -0.15) is 0 Å². The molecule has 0 spiro atoms. The molecule has 0 aliphatic carbocycles. The van der Waals surface area contributed by atoms with Gasteiger partial charge in [-0.1, -0.05) is 0 Å². The molecule has 6 heteroatoms. The highest BCUT2D eigenvalue weighted by atomic mass is 16.5. The molecular formula is C13H18N2O4. The van der Waals surface area contributed by atoms with E-state index in [2.05, 4.69) is 0 Å². The molecule has 0 radical (unpaired) electrons. The molecule has 0 aliphatic rings. The number of benzene rings is 1. The van der Waals surface area contributed by atoms with E-state index in [0.29, 0.717) is 18.0 Å². The van der Waals surface area contributed by atoms with E-state index in [9.17, 15) is 9.59 Å². The van der Waals surface area contributed by atoms with Gasteiger partial charge >= 0.3 is 5.97 Å². The number of rotatable bonds is 6. The summed E-state index contributed by atoms with van der Waals surface area (Å²) in [5, 5.41) is 8.67. The molecule has 6 nitrogen and oxygen atoms in total. The number of anilines is 1. The van der Waals surface area contributed by atoms with E-state index >= 15 is 0 Å². The van der Waals surface area contributed by atoms with Crippen molar-refractivity contribution in [2.24, 2.45) is 5.73 Å². The molecular weight excluding hydrogens is 248 g/mol. The van der Waals surface area contributed by atoms with Gasteiger partial charge in [-0.05, 0) is 31.2 Å². The number of hydrogen-bond donors (Lipinski definition) is 2. The molecule has 1 atom stereocenters. The summed E-state index contributed by atoms with van der Waals surface area (Å²) >= 11 is 0. The van der Waals surface area contributed by atoms with E-state index in [1.54, 1.807) is 31.3 Å². The molecule has 0 aliphatic heterocycles. The number of carboxylic acids is 1. The Morgan fingerprint density at radius 3 is 2.42 bits per heavy atom. The lowest BCUT2D eigenvalue weighted by Gasteiger charge is -2.18. The first kappa shape index (κ1) is 15.0. The molecule has 0 aromatic heterocycles. The number of nitrogens with two attached hydrogens (primary N) is 1. The molecule has 104 valence electrons. The summed E-state index contributed by atoms with van der Waals surface area (Å²) in [5.41, 5.74) is 5.99. The van der Waals surface area contributed by atoms with Gasteiger partial charge in [0.05, 0.1) is 13.0 Å². The maximum absolute atomic E-state index is 11.8. The minimum Gasteiger partial charge on any atom is -0.494 e. The van der Waals surface area contributed by atoms with Crippen LogP contribution in [0.25, 0.3) is 0 Å². The Balaban J connectivity index is 2.68. The molecule has 1 unspecified atom stereocenters. The van der Waals surface area contributed by atoms with E-state index in [-0.39, 0.29) is 12.3 Å². The Bertz CT molecular complexity index is 444. The summed E-state index contributed by atoms with van der Waals surface area (Å²) in [7, 11) is 1.58. The van der Waals surface area contributed by atoms with Crippen LogP contribution in [0.5, 0.6) is 5.75 Å². The summed E-state index contributed by atoms with van der Waals surface area (Å²) in [6.07, 6.45) is -0.237. The molecule has 1 rings (SSSR count). The molecule has 1 aromatic rings. The van der Waals surface area contributed by atoms with Crippen LogP contribution in [-0.2, 0) is 9.59 Å². The van der Waals surface area contributed by atoms with Crippen LogP contribution >= 0.6 is 0 Å². The third-order valence-electron chi connectivity index (χ3n) is 2.62. The van der Waals surface area contributed by atoms with Crippen molar-refractivity contribution in [3.63, 3.8) is 0 Å². The predicted molar refractivity (Wildman–Crippen MR) is 71.2 cm³/mol. The fourth-order valence-corrected chi connectivity index (χ4v) is 1.49. The van der Waals surface area contributed by atoms with Crippen molar-refractivity contribution in [2.75, 3.05) is 18.6 Å². The number of hydrogen-bond acceptors (Lipinski definition) is 4. The van der Waals surface area contributed by atoms with Crippen molar-refractivity contribution in [3.05, 3.63) is 24.3 Å². The minimum absolute atomic E-state index is 0.237. The fraction of sp³-hybridized carbons (Fsp3) is 0.385. The summed E-state index contributed by atoms with van der Waals surface area (Å²) in [4.78, 5) is 23.8. The number of carbonyl (C=O) groups excluding carboxylic acids is 1. The number of amides is 1. The minimum atomic E-state index is -1.19. The van der Waals surface area contributed by atoms with Gasteiger partial charge in [-0.15, -0.1) is 0 Å². The monoisotopic (exact) mass is 266 g/mol. The molecule has 0 saturated carbocycles. The van der Waals surface area contributed by atoms with Crippen molar-refractivity contribution >= 4 is 17.6 Å². The summed E-state index contributed by atoms with van der Waals surface area (Å²) in [6, 6.07) is 5.78. The number of aliphatic carboxylic acids is 1. The van der Waals surface area contributed by atoms with E-state index in [1.165, 1.54) is 4.90 Å². The van der Waals surface area contributed by atoms with Crippen LogP contribution in [0.2, 0.25) is 0 Å². The summed E-state index contributed by atoms with van der Waals surface area (Å²) < 4.78 is 5.30. The first-order chi connectivity index (χ1) is 8.95. The molecule has 0 heterocycles. The maximum atomic E-state index is 11.8. The standard InChI is InChI=1S/C13H18N2O4/c1-3-19-10-6-4-9(5-7-10)15(2)12(16)8-11(14)13(17)18/h4-7,11H,3,8,14H2,1-2H3,(H,17,18). The average molecular weight is 266 g/mol. The van der Waals surface area contributed by atoms with Crippen LogP contribution in [-0.4, -0.2) is 36.7 Å². The smallest absolute Gasteiger partial charge is 0.321 e. The Morgan fingerprint density at radius 1 is 1.37 bits per heavy atom. The zero-order valence-corrected chi connectivity index (χ0v) is 11.0. The highest BCUT2D eigenvalue weighted by Crippen LogP contribution is 2.19. The van der Waals surface area contributed by atoms with Crippen molar-refractivity contribution in [3.8, 4) is 5.75 Å². The lowest BCUT2D eigenvalue weighted by atomic mass is 10.2. The van der Waals surface area contributed by atoms with Crippen LogP contribution in [0, 0.1) is 0 Å². The van der Waals surface area contributed by atoms with E-state index in [0.717, 1.165) is 0 Å². The predicted octanol–water partition coefficient (Wildman–Crippen LogP) is 0.850. The first-order valence-corrected chi connectivity index (χ1v) is 5.93. The van der Waals surface area contributed by atoms with Gasteiger partial charge in [0, 0.05) is 12.7 Å². The van der Waals surface area contributed by atoms with Crippen LogP contribution in [0.4, 0.5) is 5.69 Å². The summed E-state index contributed by atoms with van der Waals surface area (Å²) in [5.74, 6) is -0.818. The zero-order chi connectivity index (χ0) is 14.4. The highest BCUT2D eigenvalue weighted by Gasteiger charge is 2.19. The highest BCUT2D eigenvalue weighted by molar-refractivity contribution is 5.95. The van der Waals surface area contributed by atoms with Gasteiger partial charge in [-0.3, -0.25) is 9.59 Å². The van der Waals surface area contributed by atoms with E-state index in [1.807, 2.05) is 6.92 Å². The van der Waals surface area contributed by atoms with E-state index in [4.69, 9.17) is 15.6 Å². The molecule has 0 bridgehead atoms. The van der Waals surface area contributed by atoms with Crippen molar-refractivity contribution in [2.45, 2.75) is 19.4 Å². The topological polar surface area (TPSA) is 92.9 Å². The fourth-order valence-electron chi connectivity index (χ4n) is 1.49. The molecule has 19 heavy (non-hydrogen) atoms. The second kappa shape index (κ2) is 6.75. The van der Waals surface area contributed by atoms with Gasteiger partial charge in [0.2, 0.25) is 5.91 Å². The van der Waals surface area contributed by atoms with Crippen LogP contribution in [0.3, 0.4) is 0 Å². The Labute approximate surface area is 111 Å². The van der Waals surface area contributed by atoms with Crippen LogP contribution in [0.15, 0.2) is 24.3 Å². The lowest BCUT2D eigenvalue weighted by molar-refractivity contribution is -0.140. The lowest BCUT2D eigenvalue weighted by Crippen LogP contribution is -2.37. The molecule has 0 saturated heterocycles. The Hall–Kier alpha value is -2.08. The summed E-state index contributed by atoms with van der Waals surface area (Å²) in [6.45, 7) is 2.46.